The summed E-state index contributed by atoms with van der Waals surface area (Å²) in [4.78, 5) is 24.7. The fourth-order valence-corrected chi connectivity index (χ4v) is 2.62. The van der Waals surface area contributed by atoms with E-state index in [1.807, 2.05) is 38.1 Å². The normalized spacial score (nSPS) is 10.3. The largest absolute Gasteiger partial charge is 0.377 e. The molecule has 120 valence electrons. The maximum Gasteiger partial charge on any atom is 0.284 e. The molecule has 2 aromatic rings. The lowest BCUT2D eigenvalue weighted by atomic mass is 10.1. The SMILES string of the molecule is Cc1cc(NC(=O)c2ccc(Br)c([N+](=O)[O-])c2)ccc1N(C)C. The highest BCUT2D eigenvalue weighted by Gasteiger charge is 2.16. The average molecular weight is 378 g/mol. The first-order chi connectivity index (χ1) is 10.8. The summed E-state index contributed by atoms with van der Waals surface area (Å²) >= 11 is 3.10. The molecule has 2 aromatic carbocycles. The van der Waals surface area contributed by atoms with Crippen LogP contribution in [0.4, 0.5) is 17.1 Å². The van der Waals surface area contributed by atoms with E-state index < -0.39 is 10.8 Å². The van der Waals surface area contributed by atoms with E-state index in [1.165, 1.54) is 18.2 Å². The third-order valence-electron chi connectivity index (χ3n) is 3.34. The van der Waals surface area contributed by atoms with Crippen LogP contribution in [0.3, 0.4) is 0 Å². The van der Waals surface area contributed by atoms with Crippen molar-refractivity contribution in [1.29, 1.82) is 0 Å². The highest BCUT2D eigenvalue weighted by atomic mass is 79.9. The number of aryl methyl sites for hydroxylation is 1. The molecule has 0 fully saturated rings. The highest BCUT2D eigenvalue weighted by molar-refractivity contribution is 9.10. The fraction of sp³-hybridized carbons (Fsp3) is 0.188. The minimum atomic E-state index is -0.531. The van der Waals surface area contributed by atoms with E-state index in [-0.39, 0.29) is 11.3 Å². The number of nitro groups is 1. The number of anilines is 2. The zero-order chi connectivity index (χ0) is 17.1. The summed E-state index contributed by atoms with van der Waals surface area (Å²) in [6.07, 6.45) is 0. The molecule has 0 aliphatic heterocycles. The Morgan fingerprint density at radius 2 is 1.91 bits per heavy atom. The van der Waals surface area contributed by atoms with Crippen molar-refractivity contribution in [1.82, 2.24) is 0 Å². The average Bonchev–Trinajstić information content (AvgIpc) is 2.46. The van der Waals surface area contributed by atoms with E-state index in [0.717, 1.165) is 11.3 Å². The van der Waals surface area contributed by atoms with Gasteiger partial charge >= 0.3 is 0 Å². The third-order valence-corrected chi connectivity index (χ3v) is 4.01. The first-order valence-corrected chi connectivity index (χ1v) is 7.62. The van der Waals surface area contributed by atoms with Crippen molar-refractivity contribution in [3.05, 3.63) is 62.1 Å². The van der Waals surface area contributed by atoms with Gasteiger partial charge in [0.25, 0.3) is 11.6 Å². The molecule has 1 amide bonds. The number of hydrogen-bond donors (Lipinski definition) is 1. The van der Waals surface area contributed by atoms with Crippen LogP contribution in [0.15, 0.2) is 40.9 Å². The molecule has 0 radical (unpaired) electrons. The minimum absolute atomic E-state index is 0.142. The Labute approximate surface area is 142 Å². The van der Waals surface area contributed by atoms with E-state index in [2.05, 4.69) is 21.2 Å². The van der Waals surface area contributed by atoms with E-state index in [4.69, 9.17) is 0 Å². The van der Waals surface area contributed by atoms with Crippen molar-refractivity contribution in [3.8, 4) is 0 Å². The number of hydrogen-bond acceptors (Lipinski definition) is 4. The second kappa shape index (κ2) is 6.78. The summed E-state index contributed by atoms with van der Waals surface area (Å²) in [5.74, 6) is -0.391. The van der Waals surface area contributed by atoms with Gasteiger partial charge in [-0.3, -0.25) is 14.9 Å². The molecule has 0 aliphatic rings. The predicted molar refractivity (Wildman–Crippen MR) is 94.3 cm³/mol. The topological polar surface area (TPSA) is 75.5 Å². The number of nitrogens with one attached hydrogen (secondary N) is 1. The van der Waals surface area contributed by atoms with E-state index in [1.54, 1.807) is 6.07 Å². The van der Waals surface area contributed by atoms with Crippen molar-refractivity contribution in [2.75, 3.05) is 24.3 Å². The van der Waals surface area contributed by atoms with Gasteiger partial charge in [0.2, 0.25) is 0 Å². The predicted octanol–water partition coefficient (Wildman–Crippen LogP) is 3.98. The van der Waals surface area contributed by atoms with Gasteiger partial charge in [0.1, 0.15) is 0 Å². The molecule has 0 saturated heterocycles. The number of carbonyl (C=O) groups excluding carboxylic acids is 1. The molecule has 0 aromatic heterocycles. The van der Waals surface area contributed by atoms with Crippen molar-refractivity contribution < 1.29 is 9.72 Å². The Morgan fingerprint density at radius 3 is 2.48 bits per heavy atom. The number of nitrogens with zero attached hydrogens (tertiary/aromatic N) is 2. The maximum absolute atomic E-state index is 12.3. The Hall–Kier alpha value is -2.41. The number of amides is 1. The number of rotatable bonds is 4. The lowest BCUT2D eigenvalue weighted by Gasteiger charge is -2.16. The van der Waals surface area contributed by atoms with Gasteiger partial charge in [-0.25, -0.2) is 0 Å². The lowest BCUT2D eigenvalue weighted by Crippen LogP contribution is -2.14. The standard InChI is InChI=1S/C16H16BrN3O3/c1-10-8-12(5-7-14(10)19(2)3)18-16(21)11-4-6-13(17)15(9-11)20(22)23/h4-9H,1-3H3,(H,18,21). The number of halogens is 1. The first kappa shape index (κ1) is 17.0. The molecular weight excluding hydrogens is 362 g/mol. The quantitative estimate of drug-likeness (QED) is 0.645. The minimum Gasteiger partial charge on any atom is -0.377 e. The van der Waals surface area contributed by atoms with Crippen LogP contribution in [0.25, 0.3) is 0 Å². The van der Waals surface area contributed by atoms with Gasteiger partial charge in [-0.05, 0) is 58.7 Å². The van der Waals surface area contributed by atoms with E-state index in [9.17, 15) is 14.9 Å². The molecule has 0 saturated carbocycles. The summed E-state index contributed by atoms with van der Waals surface area (Å²) in [6.45, 7) is 1.95. The molecular formula is C16H16BrN3O3. The smallest absolute Gasteiger partial charge is 0.284 e. The van der Waals surface area contributed by atoms with Crippen molar-refractivity contribution in [2.24, 2.45) is 0 Å². The van der Waals surface area contributed by atoms with Crippen LogP contribution >= 0.6 is 15.9 Å². The molecule has 23 heavy (non-hydrogen) atoms. The van der Waals surface area contributed by atoms with Crippen LogP contribution in [0.5, 0.6) is 0 Å². The first-order valence-electron chi connectivity index (χ1n) is 6.83. The van der Waals surface area contributed by atoms with Crippen LogP contribution < -0.4 is 10.2 Å². The Kier molecular flexibility index (Phi) is 5.00. The van der Waals surface area contributed by atoms with E-state index >= 15 is 0 Å². The van der Waals surface area contributed by atoms with Crippen LogP contribution in [-0.2, 0) is 0 Å². The van der Waals surface area contributed by atoms with Crippen LogP contribution in [0.2, 0.25) is 0 Å². The van der Waals surface area contributed by atoms with Crippen LogP contribution in [0, 0.1) is 17.0 Å². The van der Waals surface area contributed by atoms with Crippen LogP contribution in [-0.4, -0.2) is 24.9 Å². The second-order valence-electron chi connectivity index (χ2n) is 5.27. The fourth-order valence-electron chi connectivity index (χ4n) is 2.23. The van der Waals surface area contributed by atoms with Gasteiger partial charge in [0.05, 0.1) is 9.40 Å². The van der Waals surface area contributed by atoms with E-state index in [0.29, 0.717) is 10.2 Å². The van der Waals surface area contributed by atoms with Crippen molar-refractivity contribution in [3.63, 3.8) is 0 Å². The molecule has 0 spiro atoms. The van der Waals surface area contributed by atoms with Gasteiger partial charge < -0.3 is 10.2 Å². The summed E-state index contributed by atoms with van der Waals surface area (Å²) < 4.78 is 0.338. The Balaban J connectivity index is 2.24. The maximum atomic E-state index is 12.3. The molecule has 7 heteroatoms. The summed E-state index contributed by atoms with van der Waals surface area (Å²) in [5.41, 5.74) is 2.81. The van der Waals surface area contributed by atoms with Crippen molar-refractivity contribution in [2.45, 2.75) is 6.92 Å². The molecule has 0 bridgehead atoms. The number of benzene rings is 2. The number of nitro benzene ring substituents is 1. The molecule has 2 rings (SSSR count). The highest BCUT2D eigenvalue weighted by Crippen LogP contribution is 2.26. The molecule has 0 aliphatic carbocycles. The third kappa shape index (κ3) is 3.87. The zero-order valence-corrected chi connectivity index (χ0v) is 14.5. The monoisotopic (exact) mass is 377 g/mol. The molecule has 6 nitrogen and oxygen atoms in total. The van der Waals surface area contributed by atoms with Gasteiger partial charge in [-0.2, -0.15) is 0 Å². The molecule has 1 N–H and O–H groups in total. The van der Waals surface area contributed by atoms with Gasteiger partial charge in [0, 0.05) is 37.1 Å². The summed E-state index contributed by atoms with van der Waals surface area (Å²) in [7, 11) is 3.89. The van der Waals surface area contributed by atoms with Gasteiger partial charge in [-0.1, -0.05) is 0 Å². The Bertz CT molecular complexity index is 775. The molecule has 0 heterocycles. The summed E-state index contributed by atoms with van der Waals surface area (Å²) in [5, 5.41) is 13.7. The summed E-state index contributed by atoms with van der Waals surface area (Å²) in [6, 6.07) is 9.85. The molecule has 0 atom stereocenters. The molecule has 0 unspecified atom stereocenters. The number of carbonyl (C=O) groups is 1. The van der Waals surface area contributed by atoms with Gasteiger partial charge in [-0.15, -0.1) is 0 Å². The lowest BCUT2D eigenvalue weighted by molar-refractivity contribution is -0.385. The Morgan fingerprint density at radius 1 is 1.22 bits per heavy atom. The zero-order valence-electron chi connectivity index (χ0n) is 13.0. The van der Waals surface area contributed by atoms with Crippen molar-refractivity contribution >= 4 is 38.9 Å². The second-order valence-corrected chi connectivity index (χ2v) is 6.13. The van der Waals surface area contributed by atoms with Crippen LogP contribution in [0.1, 0.15) is 15.9 Å². The van der Waals surface area contributed by atoms with Gasteiger partial charge in [0.15, 0.2) is 0 Å².